The first-order valence-electron chi connectivity index (χ1n) is 25.9. The third-order valence-electron chi connectivity index (χ3n) is 11.8. The van der Waals surface area contributed by atoms with Gasteiger partial charge in [0.15, 0.2) is 6.10 Å². The molecular weight excluding hydrogens is 721 g/mol. The summed E-state index contributed by atoms with van der Waals surface area (Å²) >= 11 is 0. The fraction of sp³-hybridized carbons (Fsp3) is 0.942. The largest absolute Gasteiger partial charge is 0.462 e. The molecule has 0 bridgehead atoms. The molecule has 1 atom stereocenters. The van der Waals surface area contributed by atoms with Gasteiger partial charge in [-0.05, 0) is 25.2 Å². The van der Waals surface area contributed by atoms with Crippen LogP contribution in [0.3, 0.4) is 0 Å². The van der Waals surface area contributed by atoms with Crippen LogP contribution in [0.2, 0.25) is 0 Å². The molecule has 0 spiro atoms. The van der Waals surface area contributed by atoms with Crippen LogP contribution in [0, 0.1) is 5.92 Å². The minimum atomic E-state index is -0.759. The minimum Gasteiger partial charge on any atom is -0.462 e. The van der Waals surface area contributed by atoms with Gasteiger partial charge in [-0.2, -0.15) is 0 Å². The highest BCUT2D eigenvalue weighted by molar-refractivity contribution is 5.71. The number of esters is 3. The zero-order valence-corrected chi connectivity index (χ0v) is 39.5. The van der Waals surface area contributed by atoms with Crippen LogP contribution in [0.4, 0.5) is 0 Å². The minimum absolute atomic E-state index is 0.0634. The molecule has 0 aromatic rings. The Bertz CT molecular complexity index is 872. The number of unbranched alkanes of at least 4 members (excludes halogenated alkanes) is 34. The molecule has 0 saturated heterocycles. The van der Waals surface area contributed by atoms with Gasteiger partial charge in [0.25, 0.3) is 0 Å². The molecule has 344 valence electrons. The van der Waals surface area contributed by atoms with E-state index >= 15 is 0 Å². The zero-order valence-electron chi connectivity index (χ0n) is 39.5. The highest BCUT2D eigenvalue weighted by Gasteiger charge is 2.19. The summed E-state index contributed by atoms with van der Waals surface area (Å²) in [4.78, 5) is 37.8. The molecule has 0 saturated carbocycles. The van der Waals surface area contributed by atoms with E-state index in [1.807, 2.05) is 0 Å². The van der Waals surface area contributed by atoms with Crippen LogP contribution < -0.4 is 0 Å². The number of hydrogen-bond acceptors (Lipinski definition) is 6. The molecule has 0 aliphatic rings. The Hall–Kier alpha value is -1.59. The molecular formula is C52H100O6. The summed E-state index contributed by atoms with van der Waals surface area (Å²) in [5.74, 6) is -0.0118. The Kier molecular flexibility index (Phi) is 45.2. The third kappa shape index (κ3) is 45.5. The van der Waals surface area contributed by atoms with Gasteiger partial charge in [0.05, 0.1) is 0 Å². The van der Waals surface area contributed by atoms with Crippen LogP contribution in [-0.4, -0.2) is 37.2 Å². The zero-order chi connectivity index (χ0) is 42.4. The molecule has 0 rings (SSSR count). The van der Waals surface area contributed by atoms with Gasteiger partial charge in [0.1, 0.15) is 13.2 Å². The normalized spacial score (nSPS) is 11.9. The average molecular weight is 821 g/mol. The van der Waals surface area contributed by atoms with Crippen molar-refractivity contribution in [3.8, 4) is 0 Å². The fourth-order valence-corrected chi connectivity index (χ4v) is 7.86. The van der Waals surface area contributed by atoms with Crippen molar-refractivity contribution in [2.24, 2.45) is 5.92 Å². The van der Waals surface area contributed by atoms with Crippen LogP contribution in [0.1, 0.15) is 291 Å². The molecule has 0 N–H and O–H groups in total. The van der Waals surface area contributed by atoms with Crippen molar-refractivity contribution in [1.29, 1.82) is 0 Å². The van der Waals surface area contributed by atoms with E-state index < -0.39 is 6.10 Å². The molecule has 0 aliphatic heterocycles. The summed E-state index contributed by atoms with van der Waals surface area (Å²) < 4.78 is 16.7. The molecule has 0 amide bonds. The van der Waals surface area contributed by atoms with Crippen LogP contribution in [0.15, 0.2) is 0 Å². The van der Waals surface area contributed by atoms with Gasteiger partial charge in [-0.3, -0.25) is 14.4 Å². The number of rotatable bonds is 47. The lowest BCUT2D eigenvalue weighted by Gasteiger charge is -2.18. The smallest absolute Gasteiger partial charge is 0.306 e. The first kappa shape index (κ1) is 56.4. The van der Waals surface area contributed by atoms with Crippen LogP contribution in [0.25, 0.3) is 0 Å². The number of carbonyl (C=O) groups is 3. The number of ether oxygens (including phenoxy) is 3. The maximum Gasteiger partial charge on any atom is 0.306 e. The van der Waals surface area contributed by atoms with E-state index in [0.29, 0.717) is 19.3 Å². The van der Waals surface area contributed by atoms with Gasteiger partial charge >= 0.3 is 17.9 Å². The summed E-state index contributed by atoms with van der Waals surface area (Å²) in [6.07, 6.45) is 48.2. The van der Waals surface area contributed by atoms with E-state index in [-0.39, 0.29) is 31.1 Å². The summed E-state index contributed by atoms with van der Waals surface area (Å²) in [6, 6.07) is 0. The van der Waals surface area contributed by atoms with E-state index in [4.69, 9.17) is 14.2 Å². The maximum atomic E-state index is 12.7. The molecule has 0 aliphatic carbocycles. The van der Waals surface area contributed by atoms with Crippen LogP contribution in [-0.2, 0) is 28.6 Å². The van der Waals surface area contributed by atoms with Gasteiger partial charge in [0, 0.05) is 19.3 Å². The molecule has 0 aromatic carbocycles. The Labute approximate surface area is 361 Å². The molecule has 0 unspecified atom stereocenters. The van der Waals surface area contributed by atoms with E-state index in [0.717, 1.165) is 63.7 Å². The first-order valence-corrected chi connectivity index (χ1v) is 25.9. The Morgan fingerprint density at radius 3 is 0.845 bits per heavy atom. The molecule has 0 aromatic heterocycles. The first-order chi connectivity index (χ1) is 28.4. The third-order valence-corrected chi connectivity index (χ3v) is 11.8. The summed E-state index contributed by atoms with van der Waals surface area (Å²) in [6.45, 7) is 9.00. The standard InChI is InChI=1S/C52H100O6/c1-5-7-9-11-13-14-15-16-17-18-19-22-25-28-32-35-39-43-50(53)56-46-49(58-52(55)45-41-37-30-12-10-8-6-2)47-57-51(54)44-40-36-33-29-26-23-20-21-24-27-31-34-38-42-48(3)4/h48-49H,5-47H2,1-4H3/t49-/m1/s1. The molecule has 0 heterocycles. The monoisotopic (exact) mass is 821 g/mol. The second kappa shape index (κ2) is 46.5. The molecule has 0 radical (unpaired) electrons. The van der Waals surface area contributed by atoms with Crippen LogP contribution >= 0.6 is 0 Å². The summed E-state index contributed by atoms with van der Waals surface area (Å²) in [5.41, 5.74) is 0. The Morgan fingerprint density at radius 1 is 0.328 bits per heavy atom. The number of hydrogen-bond donors (Lipinski definition) is 0. The summed E-state index contributed by atoms with van der Waals surface area (Å²) in [7, 11) is 0. The van der Waals surface area contributed by atoms with Crippen molar-refractivity contribution >= 4 is 17.9 Å². The Balaban J connectivity index is 4.15. The van der Waals surface area contributed by atoms with Gasteiger partial charge in [-0.1, -0.05) is 252 Å². The van der Waals surface area contributed by atoms with Crippen molar-refractivity contribution in [3.05, 3.63) is 0 Å². The molecule has 6 heteroatoms. The molecule has 0 fully saturated rings. The van der Waals surface area contributed by atoms with E-state index in [9.17, 15) is 14.4 Å². The predicted octanol–water partition coefficient (Wildman–Crippen LogP) is 16.7. The highest BCUT2D eigenvalue weighted by atomic mass is 16.6. The maximum absolute atomic E-state index is 12.7. The molecule has 58 heavy (non-hydrogen) atoms. The van der Waals surface area contributed by atoms with Crippen molar-refractivity contribution in [1.82, 2.24) is 0 Å². The van der Waals surface area contributed by atoms with Gasteiger partial charge in [-0.25, -0.2) is 0 Å². The van der Waals surface area contributed by atoms with Crippen molar-refractivity contribution in [2.45, 2.75) is 297 Å². The summed E-state index contributed by atoms with van der Waals surface area (Å²) in [5, 5.41) is 0. The molecule has 6 nitrogen and oxygen atoms in total. The van der Waals surface area contributed by atoms with E-state index in [2.05, 4.69) is 27.7 Å². The second-order valence-corrected chi connectivity index (χ2v) is 18.3. The predicted molar refractivity (Wildman–Crippen MR) is 247 cm³/mol. The lowest BCUT2D eigenvalue weighted by atomic mass is 10.0. The lowest BCUT2D eigenvalue weighted by Crippen LogP contribution is -2.30. The quantitative estimate of drug-likeness (QED) is 0.0346. The Morgan fingerprint density at radius 2 is 0.569 bits per heavy atom. The fourth-order valence-electron chi connectivity index (χ4n) is 7.86. The van der Waals surface area contributed by atoms with Crippen LogP contribution in [0.5, 0.6) is 0 Å². The van der Waals surface area contributed by atoms with E-state index in [1.54, 1.807) is 0 Å². The SMILES string of the molecule is CCCCCCCCCCCCCCCCCCCC(=O)OC[C@H](COC(=O)CCCCCCCCCCCCCCCC(C)C)OC(=O)CCCCCCCCC. The van der Waals surface area contributed by atoms with Gasteiger partial charge in [0.2, 0.25) is 0 Å². The topological polar surface area (TPSA) is 78.9 Å². The van der Waals surface area contributed by atoms with E-state index in [1.165, 1.54) is 186 Å². The second-order valence-electron chi connectivity index (χ2n) is 18.3. The van der Waals surface area contributed by atoms with Gasteiger partial charge in [-0.15, -0.1) is 0 Å². The average Bonchev–Trinajstić information content (AvgIpc) is 3.21. The van der Waals surface area contributed by atoms with Crippen molar-refractivity contribution < 1.29 is 28.6 Å². The number of carbonyl (C=O) groups excluding carboxylic acids is 3. The highest BCUT2D eigenvalue weighted by Crippen LogP contribution is 2.17. The van der Waals surface area contributed by atoms with Crippen molar-refractivity contribution in [3.63, 3.8) is 0 Å². The van der Waals surface area contributed by atoms with Crippen molar-refractivity contribution in [2.75, 3.05) is 13.2 Å². The van der Waals surface area contributed by atoms with Gasteiger partial charge < -0.3 is 14.2 Å². The lowest BCUT2D eigenvalue weighted by molar-refractivity contribution is -0.167.